The van der Waals surface area contributed by atoms with Gasteiger partial charge in [-0.3, -0.25) is 10.1 Å². The maximum absolute atomic E-state index is 11.3. The lowest BCUT2D eigenvalue weighted by Crippen LogP contribution is -2.72. The smallest absolute Gasteiger partial charge is 0.352 e. The number of allylic oxidation sites excluding steroid dienone is 1. The van der Waals surface area contributed by atoms with Crippen molar-refractivity contribution in [1.29, 1.82) is 0 Å². The van der Waals surface area contributed by atoms with E-state index in [2.05, 4.69) is 4.99 Å². The third-order valence-electron chi connectivity index (χ3n) is 5.11. The fourth-order valence-corrected chi connectivity index (χ4v) is 4.17. The van der Waals surface area contributed by atoms with E-state index < -0.39 is 10.6 Å². The quantitative estimate of drug-likeness (QED) is 0.139. The Hall–Kier alpha value is -3.88. The van der Waals surface area contributed by atoms with Crippen LogP contribution in [0.4, 0.5) is 0 Å². The average Bonchev–Trinajstić information content (AvgIpc) is 3.23. The molecular weight excluding hydrogens is 372 g/mol. The molecule has 0 bridgehead atoms. The van der Waals surface area contributed by atoms with E-state index in [1.807, 2.05) is 64.1 Å². The van der Waals surface area contributed by atoms with E-state index in [0.29, 0.717) is 22.4 Å². The Morgan fingerprint density at radius 2 is 1.97 bits per heavy atom. The monoisotopic (exact) mass is 391 g/mol. The first kappa shape index (κ1) is 15.1. The lowest BCUT2D eigenvalue weighted by atomic mass is 9.90. The van der Waals surface area contributed by atoms with E-state index >= 15 is 0 Å². The highest BCUT2D eigenvalue weighted by molar-refractivity contribution is 5.71. The van der Waals surface area contributed by atoms with Gasteiger partial charge in [-0.15, -0.1) is 9.13 Å². The zero-order valence-corrected chi connectivity index (χ0v) is 14.9. The molecule has 2 aliphatic rings. The fourth-order valence-electron chi connectivity index (χ4n) is 4.17. The van der Waals surface area contributed by atoms with Crippen molar-refractivity contribution < 1.29 is 26.7 Å². The molecule has 8 nitrogen and oxygen atoms in total. The summed E-state index contributed by atoms with van der Waals surface area (Å²) in [7, 11) is 0. The van der Waals surface area contributed by atoms with Gasteiger partial charge in [0, 0.05) is 29.8 Å². The van der Waals surface area contributed by atoms with Crippen LogP contribution in [0.5, 0.6) is 0 Å². The first-order chi connectivity index (χ1) is 15.0. The molecule has 142 valence electrons. The van der Waals surface area contributed by atoms with Crippen LogP contribution in [-0.2, 0) is 15.5 Å². The number of aromatic nitrogens is 2. The van der Waals surface area contributed by atoms with E-state index in [-0.39, 0.29) is 17.8 Å². The summed E-state index contributed by atoms with van der Waals surface area (Å²) in [5, 5.41) is 11.3. The van der Waals surface area contributed by atoms with Crippen LogP contribution in [0.1, 0.15) is 14.0 Å². The van der Waals surface area contributed by atoms with Crippen LogP contribution in [-0.4, -0.2) is 4.92 Å². The van der Waals surface area contributed by atoms with Crippen LogP contribution < -0.4 is 15.0 Å². The number of pyridine rings is 2. The molecule has 0 saturated heterocycles. The zero-order valence-electron chi connectivity index (χ0n) is 16.9. The third-order valence-corrected chi connectivity index (χ3v) is 5.11. The highest BCUT2D eigenvalue weighted by atomic mass is 17.3. The molecule has 2 N–H and O–H groups in total. The lowest BCUT2D eigenvalue weighted by Gasteiger charge is -2.25. The number of nitrogens with two attached hydrogens (primary N) is 1. The number of hydrogen-bond donors (Lipinski definition) is 1. The van der Waals surface area contributed by atoms with Crippen molar-refractivity contribution in [2.45, 2.75) is 5.66 Å². The summed E-state index contributed by atoms with van der Waals surface area (Å²) in [6.45, 7) is 0. The Kier molecular flexibility index (Phi) is 3.30. The number of benzene rings is 1. The average molecular weight is 391 g/mol. The van der Waals surface area contributed by atoms with Crippen LogP contribution in [0.25, 0.3) is 17.3 Å². The molecule has 8 heteroatoms. The normalized spacial score (nSPS) is 19.8. The predicted molar refractivity (Wildman–Crippen MR) is 99.3 cm³/mol. The van der Waals surface area contributed by atoms with Crippen molar-refractivity contribution in [3.8, 4) is 11.3 Å². The van der Waals surface area contributed by atoms with Crippen molar-refractivity contribution in [1.82, 2.24) is 0 Å². The van der Waals surface area contributed by atoms with Crippen LogP contribution in [0.15, 0.2) is 84.3 Å². The van der Waals surface area contributed by atoms with E-state index in [4.69, 9.17) is 13.5 Å². The summed E-state index contributed by atoms with van der Waals surface area (Å²) in [5.74, 6) is 4.76. The van der Waals surface area contributed by atoms with E-state index in [1.54, 1.807) is 12.1 Å². The van der Waals surface area contributed by atoms with Gasteiger partial charge in [0.05, 0.1) is 19.6 Å². The molecule has 5 rings (SSSR count). The molecule has 1 aromatic carbocycles. The maximum Gasteiger partial charge on any atom is 0.360 e. The van der Waals surface area contributed by atoms with Gasteiger partial charge >= 0.3 is 5.66 Å². The number of fused-ring (bicyclic) bond motifs is 7. The summed E-state index contributed by atoms with van der Waals surface area (Å²) in [4.78, 5) is 19.8. The van der Waals surface area contributed by atoms with Crippen LogP contribution >= 0.6 is 0 Å². The van der Waals surface area contributed by atoms with Crippen LogP contribution in [0, 0.1) is 16.3 Å². The molecule has 3 aromatic rings. The minimum absolute atomic E-state index is 0.107. The van der Waals surface area contributed by atoms with Gasteiger partial charge in [-0.25, -0.2) is 0 Å². The van der Waals surface area contributed by atoms with Gasteiger partial charge in [0.15, 0.2) is 24.3 Å². The molecule has 0 radical (unpaired) electrons. The Balaban J connectivity index is 1.95. The van der Waals surface area contributed by atoms with Gasteiger partial charge in [0.2, 0.25) is 5.69 Å². The molecule has 0 saturated carbocycles. The molecule has 2 aliphatic heterocycles. The summed E-state index contributed by atoms with van der Waals surface area (Å²) in [6.07, 6.45) is 7.36. The standard InChI is InChI=1S/C21H15N4O4/c22-29-28-20(14-25(26)27)18-13-15-7-3-5-11-23(15)21(18)17-9-2-1-8-16(17)19-10-4-6-12-24(19)21/h1-13H,22H2/q+1/i1T,9T. The number of hydrogen-bond acceptors (Lipinski definition) is 5. The van der Waals surface area contributed by atoms with Crippen molar-refractivity contribution in [2.75, 3.05) is 0 Å². The lowest BCUT2D eigenvalue weighted by molar-refractivity contribution is -0.961. The second-order valence-corrected chi connectivity index (χ2v) is 6.45. The first-order valence-corrected chi connectivity index (χ1v) is 8.67. The molecule has 4 heterocycles. The van der Waals surface area contributed by atoms with Crippen molar-refractivity contribution in [2.24, 2.45) is 5.90 Å². The van der Waals surface area contributed by atoms with E-state index in [1.165, 1.54) is 6.07 Å². The zero-order chi connectivity index (χ0) is 21.8. The second-order valence-electron chi connectivity index (χ2n) is 6.45. The van der Waals surface area contributed by atoms with Gasteiger partial charge in [-0.1, -0.05) is 23.2 Å². The summed E-state index contributed by atoms with van der Waals surface area (Å²) in [5.41, 5.74) is 1.73. The van der Waals surface area contributed by atoms with Crippen molar-refractivity contribution in [3.63, 3.8) is 0 Å². The maximum atomic E-state index is 11.3. The van der Waals surface area contributed by atoms with Crippen LogP contribution in [0.2, 0.25) is 0 Å². The summed E-state index contributed by atoms with van der Waals surface area (Å²) >= 11 is 0. The highest BCUT2D eigenvalue weighted by Crippen LogP contribution is 2.45. The number of nitrogens with zero attached hydrogens (tertiary/aromatic N) is 3. The molecular formula is C21H15N4O4+. The van der Waals surface area contributed by atoms with Gasteiger partial charge < -0.3 is 4.89 Å². The number of rotatable bonds is 4. The Bertz CT molecular complexity index is 1320. The molecule has 0 aliphatic carbocycles. The molecule has 1 spiro atoms. The SMILES string of the molecule is [3H]c1cc([3H])c2c(c1)-c1cccc[n+]1C21C(C(=[C-][N+](=O)[O-])OON)=Cc2cccc[n+]21. The molecule has 0 fully saturated rings. The van der Waals surface area contributed by atoms with Gasteiger partial charge in [-0.05, 0) is 29.2 Å². The second kappa shape index (κ2) is 6.33. The van der Waals surface area contributed by atoms with Crippen LogP contribution in [0.3, 0.4) is 0 Å². The molecule has 1 unspecified atom stereocenters. The topological polar surface area (TPSA) is 95.4 Å². The largest absolute Gasteiger partial charge is 0.360 e. The van der Waals surface area contributed by atoms with E-state index in [0.717, 1.165) is 5.69 Å². The molecule has 1 atom stereocenters. The molecule has 0 amide bonds. The summed E-state index contributed by atoms with van der Waals surface area (Å²) < 4.78 is 20.6. The Morgan fingerprint density at radius 3 is 2.76 bits per heavy atom. The van der Waals surface area contributed by atoms with Crippen molar-refractivity contribution in [3.05, 3.63) is 112 Å². The Morgan fingerprint density at radius 1 is 1.17 bits per heavy atom. The van der Waals surface area contributed by atoms with Gasteiger partial charge in [0.25, 0.3) is 0 Å². The third kappa shape index (κ3) is 2.27. The number of nitro groups is 1. The first-order valence-electron chi connectivity index (χ1n) is 9.67. The fraction of sp³-hybridized carbons (Fsp3) is 0.0476. The highest BCUT2D eigenvalue weighted by Gasteiger charge is 2.62. The summed E-state index contributed by atoms with van der Waals surface area (Å²) in [6, 6.07) is 14.4. The molecule has 29 heavy (non-hydrogen) atoms. The minimum atomic E-state index is -1.25. The molecule has 2 aromatic heterocycles. The van der Waals surface area contributed by atoms with Crippen molar-refractivity contribution >= 4 is 6.08 Å². The minimum Gasteiger partial charge on any atom is -0.352 e. The Labute approximate surface area is 168 Å². The predicted octanol–water partition coefficient (Wildman–Crippen LogP) is 1.63. The van der Waals surface area contributed by atoms with E-state index in [9.17, 15) is 10.1 Å². The van der Waals surface area contributed by atoms with Gasteiger partial charge in [-0.2, -0.15) is 5.90 Å². The van der Waals surface area contributed by atoms with Gasteiger partial charge in [0.1, 0.15) is 0 Å².